The van der Waals surface area contributed by atoms with Crippen LogP contribution in [0.15, 0.2) is 18.3 Å². The van der Waals surface area contributed by atoms with Crippen molar-refractivity contribution in [3.63, 3.8) is 0 Å². The quantitative estimate of drug-likeness (QED) is 0.283. The lowest BCUT2D eigenvalue weighted by molar-refractivity contribution is -0.0316. The standard InChI is InChI=1S/C13H14FN5O6S/c14-10-4-1-7(5-16-10)12(20)17-11(15)9-3-2-8-6-18(9)13(21)19(8)25-26(22,23)24/h1,4-5,8-9H,2-3,6H2,(H2,15,17,20)(H,22,23,24)/t8-,9+/m1/s1. The Morgan fingerprint density at radius 2 is 2.15 bits per heavy atom. The number of amidine groups is 1. The van der Waals surface area contributed by atoms with Gasteiger partial charge in [-0.15, -0.1) is 4.28 Å². The average Bonchev–Trinajstić information content (AvgIpc) is 2.79. The monoisotopic (exact) mass is 387 g/mol. The van der Waals surface area contributed by atoms with Crippen molar-refractivity contribution in [1.29, 1.82) is 5.41 Å². The minimum Gasteiger partial charge on any atom is -0.310 e. The van der Waals surface area contributed by atoms with Crippen LogP contribution in [0.25, 0.3) is 0 Å². The van der Waals surface area contributed by atoms with E-state index in [9.17, 15) is 22.4 Å². The first kappa shape index (κ1) is 18.2. The van der Waals surface area contributed by atoms with Crippen molar-refractivity contribution < 1.29 is 31.2 Å². The van der Waals surface area contributed by atoms with Gasteiger partial charge in [-0.25, -0.2) is 9.78 Å². The molecule has 0 saturated carbocycles. The molecule has 3 amide bonds. The number of fused-ring (bicyclic) bond motifs is 2. The van der Waals surface area contributed by atoms with Gasteiger partial charge in [0.1, 0.15) is 5.84 Å². The van der Waals surface area contributed by atoms with Gasteiger partial charge in [-0.2, -0.15) is 17.9 Å². The molecule has 3 heterocycles. The summed E-state index contributed by atoms with van der Waals surface area (Å²) < 4.78 is 47.5. The normalized spacial score (nSPS) is 22.5. The highest BCUT2D eigenvalue weighted by atomic mass is 32.3. The van der Waals surface area contributed by atoms with Crippen molar-refractivity contribution >= 4 is 28.2 Å². The van der Waals surface area contributed by atoms with Crippen LogP contribution in [0.3, 0.4) is 0 Å². The maximum absolute atomic E-state index is 12.8. The van der Waals surface area contributed by atoms with E-state index in [1.807, 2.05) is 0 Å². The molecule has 2 fully saturated rings. The van der Waals surface area contributed by atoms with E-state index in [4.69, 9.17) is 9.96 Å². The van der Waals surface area contributed by atoms with Crippen molar-refractivity contribution in [2.45, 2.75) is 24.9 Å². The number of piperidine rings is 1. The molecule has 0 unspecified atom stereocenters. The van der Waals surface area contributed by atoms with Gasteiger partial charge in [0, 0.05) is 12.7 Å². The Hall–Kier alpha value is -2.64. The second-order valence-electron chi connectivity index (χ2n) is 5.75. The molecule has 140 valence electrons. The van der Waals surface area contributed by atoms with E-state index in [1.54, 1.807) is 0 Å². The van der Waals surface area contributed by atoms with Gasteiger partial charge in [0.2, 0.25) is 5.95 Å². The number of hydrogen-bond acceptors (Lipinski definition) is 7. The lowest BCUT2D eigenvalue weighted by atomic mass is 10.00. The van der Waals surface area contributed by atoms with Crippen molar-refractivity contribution in [1.82, 2.24) is 20.3 Å². The van der Waals surface area contributed by atoms with Crippen LogP contribution in [0.5, 0.6) is 0 Å². The zero-order chi connectivity index (χ0) is 19.1. The number of carbonyl (C=O) groups excluding carboxylic acids is 2. The number of hydrogen-bond donors (Lipinski definition) is 3. The van der Waals surface area contributed by atoms with Crippen LogP contribution in [0.4, 0.5) is 9.18 Å². The Morgan fingerprint density at radius 3 is 2.77 bits per heavy atom. The highest BCUT2D eigenvalue weighted by Crippen LogP contribution is 2.30. The number of halogens is 1. The van der Waals surface area contributed by atoms with Gasteiger partial charge in [-0.3, -0.25) is 14.8 Å². The Balaban J connectivity index is 1.69. The minimum atomic E-state index is -4.86. The third kappa shape index (κ3) is 3.63. The largest absolute Gasteiger partial charge is 0.418 e. The Bertz CT molecular complexity index is 860. The van der Waals surface area contributed by atoms with E-state index in [0.717, 1.165) is 12.3 Å². The number of rotatable bonds is 4. The second kappa shape index (κ2) is 6.59. The summed E-state index contributed by atoms with van der Waals surface area (Å²) in [7, 11) is -4.86. The molecule has 0 aliphatic carbocycles. The fraction of sp³-hybridized carbons (Fsp3) is 0.385. The highest BCUT2D eigenvalue weighted by molar-refractivity contribution is 7.80. The van der Waals surface area contributed by atoms with Crippen molar-refractivity contribution in [3.05, 3.63) is 29.8 Å². The van der Waals surface area contributed by atoms with Crippen LogP contribution in [-0.2, 0) is 14.7 Å². The fourth-order valence-electron chi connectivity index (χ4n) is 2.92. The topological polar surface area (TPSA) is 153 Å². The van der Waals surface area contributed by atoms with Gasteiger partial charge in [-0.05, 0) is 25.0 Å². The SMILES string of the molecule is N=C(NC(=O)c1ccc(F)nc1)[C@@H]1CC[C@@H]2CN1C(=O)N2OS(=O)(=O)O. The lowest BCUT2D eigenvalue weighted by Crippen LogP contribution is -2.50. The van der Waals surface area contributed by atoms with Gasteiger partial charge in [-0.1, -0.05) is 0 Å². The average molecular weight is 387 g/mol. The van der Waals surface area contributed by atoms with E-state index in [1.165, 1.54) is 11.0 Å². The van der Waals surface area contributed by atoms with E-state index in [-0.39, 0.29) is 24.4 Å². The van der Waals surface area contributed by atoms with Gasteiger partial charge < -0.3 is 10.2 Å². The number of nitrogens with one attached hydrogen (secondary N) is 2. The third-order valence-corrected chi connectivity index (χ3v) is 4.42. The molecule has 11 nitrogen and oxygen atoms in total. The maximum Gasteiger partial charge on any atom is 0.418 e. The second-order valence-corrected chi connectivity index (χ2v) is 6.75. The fourth-order valence-corrected chi connectivity index (χ4v) is 3.31. The molecule has 2 aliphatic rings. The van der Waals surface area contributed by atoms with Crippen molar-refractivity contribution in [3.8, 4) is 0 Å². The smallest absolute Gasteiger partial charge is 0.310 e. The Morgan fingerprint density at radius 1 is 1.42 bits per heavy atom. The molecule has 1 aromatic heterocycles. The molecule has 2 atom stereocenters. The summed E-state index contributed by atoms with van der Waals surface area (Å²) in [6, 6.07) is -0.0304. The number of nitrogens with zero attached hydrogens (tertiary/aromatic N) is 3. The molecule has 3 N–H and O–H groups in total. The van der Waals surface area contributed by atoms with Crippen LogP contribution in [0.2, 0.25) is 0 Å². The number of carbonyl (C=O) groups is 2. The molecule has 0 radical (unpaired) electrons. The zero-order valence-corrected chi connectivity index (χ0v) is 13.9. The number of hydroxylamine groups is 2. The van der Waals surface area contributed by atoms with Crippen LogP contribution in [0, 0.1) is 11.4 Å². The van der Waals surface area contributed by atoms with Gasteiger partial charge >= 0.3 is 16.4 Å². The van der Waals surface area contributed by atoms with Crippen LogP contribution in [0.1, 0.15) is 23.2 Å². The predicted molar refractivity (Wildman–Crippen MR) is 82.8 cm³/mol. The first-order valence-corrected chi connectivity index (χ1v) is 8.80. The summed E-state index contributed by atoms with van der Waals surface area (Å²) in [4.78, 5) is 28.9. The van der Waals surface area contributed by atoms with Crippen molar-refractivity contribution in [2.24, 2.45) is 0 Å². The van der Waals surface area contributed by atoms with Crippen molar-refractivity contribution in [2.75, 3.05) is 6.54 Å². The summed E-state index contributed by atoms with van der Waals surface area (Å²) in [5.41, 5.74) is 0.0360. The summed E-state index contributed by atoms with van der Waals surface area (Å²) in [5.74, 6) is -1.72. The molecule has 1 aromatic rings. The molecule has 0 spiro atoms. The van der Waals surface area contributed by atoms with Gasteiger partial charge in [0.05, 0.1) is 17.6 Å². The number of pyridine rings is 1. The number of amides is 3. The maximum atomic E-state index is 12.8. The van der Waals surface area contributed by atoms with Crippen LogP contribution < -0.4 is 5.32 Å². The first-order valence-electron chi connectivity index (χ1n) is 7.44. The third-order valence-electron chi connectivity index (χ3n) is 4.07. The molecular formula is C13H14FN5O6S. The van der Waals surface area contributed by atoms with Crippen LogP contribution in [-0.4, -0.2) is 64.3 Å². The molecule has 2 aliphatic heterocycles. The number of aromatic nitrogens is 1. The van der Waals surface area contributed by atoms with Gasteiger partial charge in [0.25, 0.3) is 5.91 Å². The molecule has 26 heavy (non-hydrogen) atoms. The Kier molecular flexibility index (Phi) is 4.60. The minimum absolute atomic E-state index is 0.0360. The van der Waals surface area contributed by atoms with E-state index < -0.39 is 40.4 Å². The molecular weight excluding hydrogens is 373 g/mol. The predicted octanol–water partition coefficient (Wildman–Crippen LogP) is -0.0692. The van der Waals surface area contributed by atoms with E-state index >= 15 is 0 Å². The molecule has 13 heteroatoms. The van der Waals surface area contributed by atoms with Gasteiger partial charge in [0.15, 0.2) is 0 Å². The summed E-state index contributed by atoms with van der Waals surface area (Å²) in [5, 5.41) is 10.9. The summed E-state index contributed by atoms with van der Waals surface area (Å²) in [6.07, 6.45) is 1.60. The number of urea groups is 1. The van der Waals surface area contributed by atoms with E-state index in [2.05, 4.69) is 14.6 Å². The summed E-state index contributed by atoms with van der Waals surface area (Å²) in [6.45, 7) is 0.0787. The highest BCUT2D eigenvalue weighted by Gasteiger charge is 2.48. The lowest BCUT2D eigenvalue weighted by Gasteiger charge is -2.30. The summed E-state index contributed by atoms with van der Waals surface area (Å²) >= 11 is 0. The van der Waals surface area contributed by atoms with Crippen LogP contribution >= 0.6 is 0 Å². The molecule has 2 bridgehead atoms. The molecule has 3 rings (SSSR count). The first-order chi connectivity index (χ1) is 12.2. The van der Waals surface area contributed by atoms with E-state index in [0.29, 0.717) is 11.5 Å². The Labute approximate surface area is 147 Å². The molecule has 0 aromatic carbocycles. The molecule has 2 saturated heterocycles. The zero-order valence-electron chi connectivity index (χ0n) is 13.1.